The molecular formula is C10H5F3N2O3. The molecular weight excluding hydrogens is 253 g/mol. The molecule has 18 heavy (non-hydrogen) atoms. The molecule has 1 aromatic carbocycles. The van der Waals surface area contributed by atoms with Gasteiger partial charge in [0.15, 0.2) is 17.5 Å². The molecule has 0 atom stereocenters. The van der Waals surface area contributed by atoms with Crippen molar-refractivity contribution in [2.24, 2.45) is 0 Å². The van der Waals surface area contributed by atoms with Crippen LogP contribution in [-0.2, 0) is 0 Å². The number of halogens is 3. The molecule has 0 bridgehead atoms. The number of aromatic nitrogens is 2. The first kappa shape index (κ1) is 12.0. The molecule has 1 aromatic heterocycles. The maximum atomic E-state index is 13.4. The number of hydrogen-bond acceptors (Lipinski definition) is 2. The van der Waals surface area contributed by atoms with E-state index >= 15 is 0 Å². The van der Waals surface area contributed by atoms with Gasteiger partial charge in [-0.1, -0.05) is 0 Å². The summed E-state index contributed by atoms with van der Waals surface area (Å²) in [6.07, 6.45) is 0.825. The fourth-order valence-corrected chi connectivity index (χ4v) is 1.39. The van der Waals surface area contributed by atoms with E-state index in [9.17, 15) is 22.8 Å². The van der Waals surface area contributed by atoms with Crippen LogP contribution in [0.2, 0.25) is 0 Å². The summed E-state index contributed by atoms with van der Waals surface area (Å²) in [6, 6.07) is 0.715. The SMILES string of the molecule is O=C(O)c1c[nH]n(-c2cc(F)c(F)cc2F)c1=O. The lowest BCUT2D eigenvalue weighted by Crippen LogP contribution is -2.21. The Balaban J connectivity index is 2.67. The van der Waals surface area contributed by atoms with Gasteiger partial charge in [-0.3, -0.25) is 9.89 Å². The van der Waals surface area contributed by atoms with Crippen molar-refractivity contribution >= 4 is 5.97 Å². The summed E-state index contributed by atoms with van der Waals surface area (Å²) in [5.41, 5.74) is -2.32. The molecule has 94 valence electrons. The monoisotopic (exact) mass is 258 g/mol. The number of carboxylic acid groups (broad SMARTS) is 1. The third-order valence-electron chi connectivity index (χ3n) is 2.23. The third kappa shape index (κ3) is 1.77. The number of H-pyrrole nitrogens is 1. The van der Waals surface area contributed by atoms with Gasteiger partial charge in [0.2, 0.25) is 0 Å². The van der Waals surface area contributed by atoms with Gasteiger partial charge in [0, 0.05) is 18.3 Å². The lowest BCUT2D eigenvalue weighted by molar-refractivity contribution is 0.0695. The van der Waals surface area contributed by atoms with E-state index < -0.39 is 40.2 Å². The number of aromatic carboxylic acids is 1. The molecule has 2 aromatic rings. The second kappa shape index (κ2) is 4.06. The standard InChI is InChI=1S/C10H5F3N2O3/c11-5-1-7(13)8(2-6(5)12)15-9(16)4(3-14-15)10(17)18/h1-3,14H,(H,17,18). The van der Waals surface area contributed by atoms with Gasteiger partial charge in [0.05, 0.1) is 0 Å². The third-order valence-corrected chi connectivity index (χ3v) is 2.23. The predicted molar refractivity (Wildman–Crippen MR) is 53.2 cm³/mol. The van der Waals surface area contributed by atoms with E-state index in [-0.39, 0.29) is 6.07 Å². The van der Waals surface area contributed by atoms with E-state index in [4.69, 9.17) is 5.11 Å². The minimum absolute atomic E-state index is 0.262. The quantitative estimate of drug-likeness (QED) is 0.797. The van der Waals surface area contributed by atoms with Gasteiger partial charge < -0.3 is 5.11 Å². The van der Waals surface area contributed by atoms with Gasteiger partial charge in [-0.15, -0.1) is 0 Å². The van der Waals surface area contributed by atoms with Crippen molar-refractivity contribution in [1.29, 1.82) is 0 Å². The summed E-state index contributed by atoms with van der Waals surface area (Å²) in [7, 11) is 0. The van der Waals surface area contributed by atoms with Gasteiger partial charge in [0.25, 0.3) is 5.56 Å². The van der Waals surface area contributed by atoms with Crippen molar-refractivity contribution in [3.63, 3.8) is 0 Å². The van der Waals surface area contributed by atoms with Crippen LogP contribution in [0.1, 0.15) is 10.4 Å². The summed E-state index contributed by atoms with van der Waals surface area (Å²) in [4.78, 5) is 22.1. The van der Waals surface area contributed by atoms with Gasteiger partial charge in [-0.25, -0.2) is 22.6 Å². The van der Waals surface area contributed by atoms with Crippen molar-refractivity contribution in [3.8, 4) is 5.69 Å². The highest BCUT2D eigenvalue weighted by molar-refractivity contribution is 5.86. The number of hydrogen-bond donors (Lipinski definition) is 2. The number of aromatic amines is 1. The summed E-state index contributed by atoms with van der Waals surface area (Å²) in [5, 5.41) is 10.8. The highest BCUT2D eigenvalue weighted by Crippen LogP contribution is 2.16. The Bertz CT molecular complexity index is 690. The van der Waals surface area contributed by atoms with Crippen LogP contribution < -0.4 is 5.56 Å². The topological polar surface area (TPSA) is 75.1 Å². The fourth-order valence-electron chi connectivity index (χ4n) is 1.39. The summed E-state index contributed by atoms with van der Waals surface area (Å²) < 4.78 is 39.5. The van der Waals surface area contributed by atoms with Crippen molar-refractivity contribution in [3.05, 3.63) is 51.7 Å². The van der Waals surface area contributed by atoms with Gasteiger partial charge in [0.1, 0.15) is 11.3 Å². The number of rotatable bonds is 2. The lowest BCUT2D eigenvalue weighted by atomic mass is 10.3. The molecule has 0 saturated heterocycles. The zero-order valence-corrected chi connectivity index (χ0v) is 8.58. The number of carboxylic acids is 1. The molecule has 0 aliphatic heterocycles. The van der Waals surface area contributed by atoms with Crippen LogP contribution in [0.25, 0.3) is 5.69 Å². The Morgan fingerprint density at radius 3 is 2.33 bits per heavy atom. The van der Waals surface area contributed by atoms with E-state index in [2.05, 4.69) is 5.10 Å². The number of carbonyl (C=O) groups is 1. The second-order valence-corrected chi connectivity index (χ2v) is 3.35. The van der Waals surface area contributed by atoms with Crippen molar-refractivity contribution in [2.75, 3.05) is 0 Å². The Labute approximate surface area is 97.1 Å². The van der Waals surface area contributed by atoms with E-state index in [1.807, 2.05) is 0 Å². The average Bonchev–Trinajstić information content (AvgIpc) is 2.66. The summed E-state index contributed by atoms with van der Waals surface area (Å²) in [5.74, 6) is -5.48. The molecule has 5 nitrogen and oxygen atoms in total. The molecule has 0 aliphatic rings. The van der Waals surface area contributed by atoms with Gasteiger partial charge in [-0.05, 0) is 0 Å². The van der Waals surface area contributed by atoms with E-state index in [1.54, 1.807) is 0 Å². The molecule has 0 spiro atoms. The molecule has 0 radical (unpaired) electrons. The van der Waals surface area contributed by atoms with Crippen LogP contribution in [0.15, 0.2) is 23.1 Å². The maximum Gasteiger partial charge on any atom is 0.342 e. The van der Waals surface area contributed by atoms with Crippen LogP contribution in [0.4, 0.5) is 13.2 Å². The molecule has 0 amide bonds. The average molecular weight is 258 g/mol. The highest BCUT2D eigenvalue weighted by Gasteiger charge is 2.18. The molecule has 0 saturated carbocycles. The highest BCUT2D eigenvalue weighted by atomic mass is 19.2. The van der Waals surface area contributed by atoms with Crippen LogP contribution in [0.5, 0.6) is 0 Å². The molecule has 2 N–H and O–H groups in total. The Hall–Kier alpha value is -2.51. The maximum absolute atomic E-state index is 13.4. The lowest BCUT2D eigenvalue weighted by Gasteiger charge is -2.03. The molecule has 0 unspecified atom stereocenters. The first-order chi connectivity index (χ1) is 8.41. The molecule has 0 aliphatic carbocycles. The van der Waals surface area contributed by atoms with Crippen LogP contribution >= 0.6 is 0 Å². The zero-order valence-electron chi connectivity index (χ0n) is 8.58. The number of benzene rings is 1. The first-order valence-electron chi connectivity index (χ1n) is 4.60. The second-order valence-electron chi connectivity index (χ2n) is 3.35. The van der Waals surface area contributed by atoms with Crippen molar-refractivity contribution in [1.82, 2.24) is 9.78 Å². The summed E-state index contributed by atoms with van der Waals surface area (Å²) in [6.45, 7) is 0. The van der Waals surface area contributed by atoms with Gasteiger partial charge in [-0.2, -0.15) is 0 Å². The first-order valence-corrected chi connectivity index (χ1v) is 4.60. The minimum Gasteiger partial charge on any atom is -0.477 e. The zero-order chi connectivity index (χ0) is 13.4. The number of nitrogens with zero attached hydrogens (tertiary/aromatic N) is 1. The Morgan fingerprint density at radius 2 is 1.78 bits per heavy atom. The van der Waals surface area contributed by atoms with Gasteiger partial charge >= 0.3 is 5.97 Å². The largest absolute Gasteiger partial charge is 0.477 e. The molecule has 8 heteroatoms. The van der Waals surface area contributed by atoms with Crippen LogP contribution in [-0.4, -0.2) is 20.9 Å². The normalized spacial score (nSPS) is 10.6. The summed E-state index contributed by atoms with van der Waals surface area (Å²) >= 11 is 0. The van der Waals surface area contributed by atoms with Crippen LogP contribution in [0.3, 0.4) is 0 Å². The van der Waals surface area contributed by atoms with Crippen molar-refractivity contribution in [2.45, 2.75) is 0 Å². The molecule has 0 fully saturated rings. The van der Waals surface area contributed by atoms with E-state index in [0.717, 1.165) is 6.20 Å². The fraction of sp³-hybridized carbons (Fsp3) is 0. The van der Waals surface area contributed by atoms with E-state index in [1.165, 1.54) is 0 Å². The smallest absolute Gasteiger partial charge is 0.342 e. The Kier molecular flexibility index (Phi) is 2.70. The van der Waals surface area contributed by atoms with E-state index in [0.29, 0.717) is 10.7 Å². The molecule has 2 rings (SSSR count). The molecule has 1 heterocycles. The number of nitrogens with one attached hydrogen (secondary N) is 1. The predicted octanol–water partition coefficient (Wildman–Crippen LogP) is 1.28. The Morgan fingerprint density at radius 1 is 1.17 bits per heavy atom. The van der Waals surface area contributed by atoms with Crippen molar-refractivity contribution < 1.29 is 23.1 Å². The van der Waals surface area contributed by atoms with Crippen LogP contribution in [0, 0.1) is 17.5 Å². The minimum atomic E-state index is -1.52.